The van der Waals surface area contributed by atoms with Crippen LogP contribution in [0.1, 0.15) is 18.4 Å². The van der Waals surface area contributed by atoms with Gasteiger partial charge in [-0.1, -0.05) is 15.9 Å². The van der Waals surface area contributed by atoms with Gasteiger partial charge in [0.1, 0.15) is 0 Å². The molecule has 0 aliphatic carbocycles. The molecule has 1 aliphatic rings. The summed E-state index contributed by atoms with van der Waals surface area (Å²) in [6, 6.07) is 5.41. The van der Waals surface area contributed by atoms with Gasteiger partial charge in [0.25, 0.3) is 0 Å². The molecule has 1 aromatic rings. The number of aryl methyl sites for hydroxylation is 1. The number of hydrogen-bond donors (Lipinski definition) is 2. The molecule has 0 saturated carbocycles. The lowest BCUT2D eigenvalue weighted by Gasteiger charge is -2.30. The highest BCUT2D eigenvalue weighted by Gasteiger charge is 2.28. The minimum Gasteiger partial charge on any atom is -0.481 e. The van der Waals surface area contributed by atoms with Crippen molar-refractivity contribution in [2.24, 2.45) is 5.92 Å². The van der Waals surface area contributed by atoms with E-state index in [0.29, 0.717) is 18.7 Å². The molecule has 2 amide bonds. The van der Waals surface area contributed by atoms with Crippen LogP contribution in [0.2, 0.25) is 0 Å². The van der Waals surface area contributed by atoms with E-state index in [1.807, 2.05) is 25.1 Å². The van der Waals surface area contributed by atoms with Crippen molar-refractivity contribution in [1.29, 1.82) is 0 Å². The van der Waals surface area contributed by atoms with Gasteiger partial charge in [-0.2, -0.15) is 0 Å². The van der Waals surface area contributed by atoms with Gasteiger partial charge in [0.15, 0.2) is 0 Å². The van der Waals surface area contributed by atoms with Crippen molar-refractivity contribution in [3.63, 3.8) is 0 Å². The summed E-state index contributed by atoms with van der Waals surface area (Å²) < 4.78 is 0.898. The molecular formula is C14H17BrN2O3. The Labute approximate surface area is 126 Å². The molecule has 0 unspecified atom stereocenters. The second-order valence-corrected chi connectivity index (χ2v) is 5.99. The number of benzene rings is 1. The Balaban J connectivity index is 2.02. The van der Waals surface area contributed by atoms with Crippen molar-refractivity contribution in [3.05, 3.63) is 28.2 Å². The summed E-state index contributed by atoms with van der Waals surface area (Å²) in [5, 5.41) is 11.9. The normalized spacial score (nSPS) is 18.7. The first-order chi connectivity index (χ1) is 9.45. The Morgan fingerprint density at radius 2 is 2.15 bits per heavy atom. The number of nitrogens with one attached hydrogen (secondary N) is 1. The molecule has 1 saturated heterocycles. The third kappa shape index (κ3) is 3.72. The summed E-state index contributed by atoms with van der Waals surface area (Å²) >= 11 is 3.38. The van der Waals surface area contributed by atoms with E-state index in [2.05, 4.69) is 21.2 Å². The van der Waals surface area contributed by atoms with Gasteiger partial charge < -0.3 is 15.3 Å². The number of nitrogens with zero attached hydrogens (tertiary/aromatic N) is 1. The molecule has 1 heterocycles. The molecule has 0 spiro atoms. The van der Waals surface area contributed by atoms with Gasteiger partial charge in [0.05, 0.1) is 5.92 Å². The molecule has 0 bridgehead atoms. The number of carboxylic acids is 1. The zero-order chi connectivity index (χ0) is 14.7. The molecule has 0 radical (unpaired) electrons. The van der Waals surface area contributed by atoms with Crippen LogP contribution in [-0.4, -0.2) is 35.1 Å². The van der Waals surface area contributed by atoms with Crippen LogP contribution >= 0.6 is 15.9 Å². The van der Waals surface area contributed by atoms with E-state index >= 15 is 0 Å². The van der Waals surface area contributed by atoms with Crippen LogP contribution in [0.3, 0.4) is 0 Å². The third-order valence-corrected chi connectivity index (χ3v) is 3.81. The zero-order valence-corrected chi connectivity index (χ0v) is 12.8. The fraction of sp³-hybridized carbons (Fsp3) is 0.429. The lowest BCUT2D eigenvalue weighted by atomic mass is 9.99. The van der Waals surface area contributed by atoms with E-state index in [-0.39, 0.29) is 12.6 Å². The summed E-state index contributed by atoms with van der Waals surface area (Å²) in [6.45, 7) is 2.82. The van der Waals surface area contributed by atoms with Crippen molar-refractivity contribution in [2.75, 3.05) is 18.4 Å². The summed E-state index contributed by atoms with van der Waals surface area (Å²) in [5.41, 5.74) is 1.75. The van der Waals surface area contributed by atoms with Crippen LogP contribution < -0.4 is 5.32 Å². The van der Waals surface area contributed by atoms with E-state index in [1.165, 1.54) is 0 Å². The first-order valence-electron chi connectivity index (χ1n) is 6.51. The number of hydrogen-bond acceptors (Lipinski definition) is 2. The van der Waals surface area contributed by atoms with E-state index in [4.69, 9.17) is 5.11 Å². The predicted molar refractivity (Wildman–Crippen MR) is 79.8 cm³/mol. The van der Waals surface area contributed by atoms with Crippen LogP contribution in [0, 0.1) is 12.8 Å². The van der Waals surface area contributed by atoms with Crippen LogP contribution in [0.25, 0.3) is 0 Å². The fourth-order valence-electron chi connectivity index (χ4n) is 2.37. The topological polar surface area (TPSA) is 69.6 Å². The molecule has 0 aromatic heterocycles. The third-order valence-electron chi connectivity index (χ3n) is 3.35. The number of aliphatic carboxylic acids is 1. The van der Waals surface area contributed by atoms with E-state index < -0.39 is 11.9 Å². The van der Waals surface area contributed by atoms with Crippen LogP contribution in [0.5, 0.6) is 0 Å². The van der Waals surface area contributed by atoms with Crippen molar-refractivity contribution < 1.29 is 14.7 Å². The van der Waals surface area contributed by atoms with Crippen molar-refractivity contribution >= 4 is 33.6 Å². The average Bonchev–Trinajstić information content (AvgIpc) is 2.37. The standard InChI is InChI=1S/C14H17BrN2O3/c1-9-5-11(15)7-12(6-9)16-14(20)17-4-2-3-10(8-17)13(18)19/h5-7,10H,2-4,8H2,1H3,(H,16,20)(H,18,19)/t10-/m0/s1. The van der Waals surface area contributed by atoms with Crippen molar-refractivity contribution in [1.82, 2.24) is 4.90 Å². The smallest absolute Gasteiger partial charge is 0.321 e. The molecule has 108 valence electrons. The maximum Gasteiger partial charge on any atom is 0.321 e. The minimum absolute atomic E-state index is 0.242. The lowest BCUT2D eigenvalue weighted by molar-refractivity contribution is -0.143. The Bertz CT molecular complexity index is 513. The van der Waals surface area contributed by atoms with Gasteiger partial charge in [-0.3, -0.25) is 4.79 Å². The Morgan fingerprint density at radius 3 is 2.80 bits per heavy atom. The Kier molecular flexibility index (Phi) is 4.65. The molecule has 6 heteroatoms. The fourth-order valence-corrected chi connectivity index (χ4v) is 2.98. The number of carbonyl (C=O) groups is 2. The first-order valence-corrected chi connectivity index (χ1v) is 7.31. The van der Waals surface area contributed by atoms with Crippen LogP contribution in [-0.2, 0) is 4.79 Å². The molecule has 20 heavy (non-hydrogen) atoms. The molecule has 5 nitrogen and oxygen atoms in total. The van der Waals surface area contributed by atoms with Crippen molar-refractivity contribution in [2.45, 2.75) is 19.8 Å². The number of likely N-dealkylation sites (tertiary alicyclic amines) is 1. The Hall–Kier alpha value is -1.56. The Morgan fingerprint density at radius 1 is 1.40 bits per heavy atom. The SMILES string of the molecule is Cc1cc(Br)cc(NC(=O)N2CCC[C@H](C(=O)O)C2)c1. The highest BCUT2D eigenvalue weighted by Crippen LogP contribution is 2.21. The highest BCUT2D eigenvalue weighted by atomic mass is 79.9. The number of urea groups is 1. The molecular weight excluding hydrogens is 324 g/mol. The van der Waals surface area contributed by atoms with Gasteiger partial charge >= 0.3 is 12.0 Å². The molecule has 1 aliphatic heterocycles. The van der Waals surface area contributed by atoms with E-state index in [0.717, 1.165) is 16.5 Å². The first kappa shape index (κ1) is 14.8. The van der Waals surface area contributed by atoms with Gasteiger partial charge in [0, 0.05) is 23.2 Å². The molecule has 1 aromatic carbocycles. The van der Waals surface area contributed by atoms with Gasteiger partial charge in [-0.15, -0.1) is 0 Å². The number of carbonyl (C=O) groups excluding carboxylic acids is 1. The molecule has 2 rings (SSSR count). The number of amides is 2. The summed E-state index contributed by atoms with van der Waals surface area (Å²) in [4.78, 5) is 24.7. The van der Waals surface area contributed by atoms with Gasteiger partial charge in [-0.25, -0.2) is 4.79 Å². The average molecular weight is 341 g/mol. The number of halogens is 1. The lowest BCUT2D eigenvalue weighted by Crippen LogP contribution is -2.44. The van der Waals surface area contributed by atoms with Crippen LogP contribution in [0.15, 0.2) is 22.7 Å². The zero-order valence-electron chi connectivity index (χ0n) is 11.2. The second-order valence-electron chi connectivity index (χ2n) is 5.07. The van der Waals surface area contributed by atoms with E-state index in [1.54, 1.807) is 4.90 Å². The van der Waals surface area contributed by atoms with E-state index in [9.17, 15) is 9.59 Å². The maximum absolute atomic E-state index is 12.2. The highest BCUT2D eigenvalue weighted by molar-refractivity contribution is 9.10. The maximum atomic E-state index is 12.2. The number of carboxylic acid groups (broad SMARTS) is 1. The summed E-state index contributed by atoms with van der Waals surface area (Å²) in [5.74, 6) is -1.29. The largest absolute Gasteiger partial charge is 0.481 e. The summed E-state index contributed by atoms with van der Waals surface area (Å²) in [6.07, 6.45) is 1.36. The number of anilines is 1. The quantitative estimate of drug-likeness (QED) is 0.869. The van der Waals surface area contributed by atoms with Gasteiger partial charge in [0.2, 0.25) is 0 Å². The van der Waals surface area contributed by atoms with Crippen LogP contribution in [0.4, 0.5) is 10.5 Å². The molecule has 2 N–H and O–H groups in total. The molecule has 1 atom stereocenters. The van der Waals surface area contributed by atoms with Crippen molar-refractivity contribution in [3.8, 4) is 0 Å². The minimum atomic E-state index is -0.833. The predicted octanol–water partition coefficient (Wildman–Crippen LogP) is 3.09. The second kappa shape index (κ2) is 6.26. The van der Waals surface area contributed by atoms with Gasteiger partial charge in [-0.05, 0) is 43.5 Å². The molecule has 1 fully saturated rings. The monoisotopic (exact) mass is 340 g/mol. The number of rotatable bonds is 2. The number of piperidine rings is 1. The summed E-state index contributed by atoms with van der Waals surface area (Å²) in [7, 11) is 0.